The third-order valence-corrected chi connectivity index (χ3v) is 4.91. The summed E-state index contributed by atoms with van der Waals surface area (Å²) in [6.07, 6.45) is 4.07. The summed E-state index contributed by atoms with van der Waals surface area (Å²) in [4.78, 5) is 0. The highest BCUT2D eigenvalue weighted by atomic mass is 32.2. The van der Waals surface area contributed by atoms with Gasteiger partial charge < -0.3 is 10.1 Å². The largest absolute Gasteiger partial charge is 0.492 e. The van der Waals surface area contributed by atoms with Crippen LogP contribution in [0.1, 0.15) is 30.4 Å². The molecule has 0 bridgehead atoms. The maximum absolute atomic E-state index is 6.03. The van der Waals surface area contributed by atoms with Crippen LogP contribution in [0.4, 0.5) is 0 Å². The van der Waals surface area contributed by atoms with Crippen LogP contribution in [0.2, 0.25) is 0 Å². The summed E-state index contributed by atoms with van der Waals surface area (Å²) in [5, 5.41) is 4.08. The highest BCUT2D eigenvalue weighted by Gasteiger charge is 2.18. The highest BCUT2D eigenvalue weighted by molar-refractivity contribution is 7.99. The van der Waals surface area contributed by atoms with E-state index in [1.54, 1.807) is 0 Å². The normalized spacial score (nSPS) is 23.4. The fourth-order valence-corrected chi connectivity index (χ4v) is 3.76. The molecule has 0 spiro atoms. The van der Waals surface area contributed by atoms with E-state index in [1.807, 2.05) is 0 Å². The van der Waals surface area contributed by atoms with Crippen molar-refractivity contribution in [2.45, 2.75) is 37.6 Å². The van der Waals surface area contributed by atoms with Gasteiger partial charge in [-0.3, -0.25) is 0 Å². The van der Waals surface area contributed by atoms with E-state index in [-0.39, 0.29) is 0 Å². The Labute approximate surface area is 107 Å². The zero-order valence-corrected chi connectivity index (χ0v) is 10.9. The average molecular weight is 249 g/mol. The lowest BCUT2D eigenvalue weighted by atomic mass is 10.1. The molecule has 0 radical (unpaired) electrons. The van der Waals surface area contributed by atoms with Crippen molar-refractivity contribution in [1.29, 1.82) is 0 Å². The lowest BCUT2D eigenvalue weighted by Gasteiger charge is -2.22. The lowest BCUT2D eigenvalue weighted by Crippen LogP contribution is -2.18. The van der Waals surface area contributed by atoms with Gasteiger partial charge in [0.2, 0.25) is 0 Å². The predicted octanol–water partition coefficient (Wildman–Crippen LogP) is 2.95. The summed E-state index contributed by atoms with van der Waals surface area (Å²) in [5.74, 6) is 2.40. The molecule has 0 aromatic heterocycles. The summed E-state index contributed by atoms with van der Waals surface area (Å²) in [6.45, 7) is 2.83. The van der Waals surface area contributed by atoms with Gasteiger partial charge in [0.25, 0.3) is 0 Å². The quantitative estimate of drug-likeness (QED) is 0.890. The van der Waals surface area contributed by atoms with E-state index in [2.05, 4.69) is 35.3 Å². The highest BCUT2D eigenvalue weighted by Crippen LogP contribution is 2.29. The molecule has 2 aliphatic heterocycles. The fraction of sp³-hybridized carbons (Fsp3) is 0.571. The summed E-state index contributed by atoms with van der Waals surface area (Å²) < 4.78 is 6.03. The molecule has 1 N–H and O–H groups in total. The van der Waals surface area contributed by atoms with E-state index in [4.69, 9.17) is 4.74 Å². The second-order valence-corrected chi connectivity index (χ2v) is 6.21. The maximum Gasteiger partial charge on any atom is 0.124 e. The van der Waals surface area contributed by atoms with E-state index in [9.17, 15) is 0 Å². The van der Waals surface area contributed by atoms with Crippen LogP contribution in [0.5, 0.6) is 5.75 Å². The van der Waals surface area contributed by atoms with Gasteiger partial charge in [-0.2, -0.15) is 11.8 Å². The molecule has 3 heteroatoms. The van der Waals surface area contributed by atoms with Gasteiger partial charge in [-0.05, 0) is 30.2 Å². The van der Waals surface area contributed by atoms with Crippen LogP contribution >= 0.6 is 11.8 Å². The zero-order valence-electron chi connectivity index (χ0n) is 10.1. The van der Waals surface area contributed by atoms with Crippen LogP contribution < -0.4 is 10.1 Å². The standard InChI is InChI=1S/C14H19NOS/c1-2-7-17-12(5-1)10-16-14-6-3-4-11-8-15-9-13(11)14/h3-4,6,12,15H,1-2,5,7-10H2. The molecule has 2 nitrogen and oxygen atoms in total. The van der Waals surface area contributed by atoms with Gasteiger partial charge in [-0.15, -0.1) is 0 Å². The zero-order chi connectivity index (χ0) is 11.5. The SMILES string of the molecule is c1cc2c(c(OCC3CCCCS3)c1)CNC2. The van der Waals surface area contributed by atoms with E-state index >= 15 is 0 Å². The topological polar surface area (TPSA) is 21.3 Å². The average Bonchev–Trinajstić information content (AvgIpc) is 2.86. The molecule has 0 saturated carbocycles. The second kappa shape index (κ2) is 5.32. The molecule has 1 atom stereocenters. The Morgan fingerprint density at radius 2 is 2.29 bits per heavy atom. The van der Waals surface area contributed by atoms with Crippen LogP contribution in [0.15, 0.2) is 18.2 Å². The van der Waals surface area contributed by atoms with Gasteiger partial charge in [-0.25, -0.2) is 0 Å². The lowest BCUT2D eigenvalue weighted by molar-refractivity contribution is 0.306. The Kier molecular flexibility index (Phi) is 3.57. The first-order valence-electron chi connectivity index (χ1n) is 6.49. The van der Waals surface area contributed by atoms with Gasteiger partial charge in [0.15, 0.2) is 0 Å². The first kappa shape index (κ1) is 11.4. The van der Waals surface area contributed by atoms with Crippen LogP contribution in [0.3, 0.4) is 0 Å². The summed E-state index contributed by atoms with van der Waals surface area (Å²) in [7, 11) is 0. The Balaban J connectivity index is 1.63. The number of ether oxygens (including phenoxy) is 1. The third kappa shape index (κ3) is 2.61. The molecule has 0 amide bonds. The first-order valence-corrected chi connectivity index (χ1v) is 7.54. The molecular weight excluding hydrogens is 230 g/mol. The Morgan fingerprint density at radius 3 is 3.18 bits per heavy atom. The summed E-state index contributed by atoms with van der Waals surface area (Å²) >= 11 is 2.08. The molecule has 1 aromatic rings. The third-order valence-electron chi connectivity index (χ3n) is 3.55. The number of hydrogen-bond donors (Lipinski definition) is 1. The number of nitrogens with one attached hydrogen (secondary N) is 1. The minimum Gasteiger partial charge on any atom is -0.492 e. The molecule has 0 aliphatic carbocycles. The Hall–Kier alpha value is -0.670. The van der Waals surface area contributed by atoms with Crippen LogP contribution in [0, 0.1) is 0 Å². The molecule has 1 saturated heterocycles. The van der Waals surface area contributed by atoms with Crippen LogP contribution in [-0.2, 0) is 13.1 Å². The van der Waals surface area contributed by atoms with Gasteiger partial charge in [-0.1, -0.05) is 18.6 Å². The van der Waals surface area contributed by atoms with Gasteiger partial charge in [0.05, 0.1) is 0 Å². The van der Waals surface area contributed by atoms with Crippen molar-refractivity contribution in [1.82, 2.24) is 5.32 Å². The summed E-state index contributed by atoms with van der Waals surface area (Å²) in [5.41, 5.74) is 2.77. The van der Waals surface area contributed by atoms with E-state index in [0.717, 1.165) is 25.4 Å². The number of fused-ring (bicyclic) bond motifs is 1. The van der Waals surface area contributed by atoms with Gasteiger partial charge >= 0.3 is 0 Å². The molecule has 3 rings (SSSR count). The van der Waals surface area contributed by atoms with E-state index in [1.165, 1.54) is 36.1 Å². The predicted molar refractivity (Wildman–Crippen MR) is 72.6 cm³/mol. The van der Waals surface area contributed by atoms with Crippen molar-refractivity contribution >= 4 is 11.8 Å². The molecule has 1 unspecified atom stereocenters. The Bertz CT molecular complexity index is 388. The molecule has 92 valence electrons. The van der Waals surface area contributed by atoms with Crippen molar-refractivity contribution in [3.05, 3.63) is 29.3 Å². The number of hydrogen-bond acceptors (Lipinski definition) is 3. The molecule has 2 aliphatic rings. The van der Waals surface area contributed by atoms with E-state index in [0.29, 0.717) is 5.25 Å². The van der Waals surface area contributed by atoms with Crippen molar-refractivity contribution in [3.63, 3.8) is 0 Å². The molecule has 1 aromatic carbocycles. The van der Waals surface area contributed by atoms with Gasteiger partial charge in [0, 0.05) is 23.9 Å². The van der Waals surface area contributed by atoms with Crippen molar-refractivity contribution in [2.75, 3.05) is 12.4 Å². The maximum atomic E-state index is 6.03. The molecular formula is C14H19NOS. The minimum absolute atomic E-state index is 0.703. The monoisotopic (exact) mass is 249 g/mol. The van der Waals surface area contributed by atoms with Gasteiger partial charge in [0.1, 0.15) is 12.4 Å². The summed E-state index contributed by atoms with van der Waals surface area (Å²) in [6, 6.07) is 6.41. The fourth-order valence-electron chi connectivity index (χ4n) is 2.56. The van der Waals surface area contributed by atoms with Crippen molar-refractivity contribution in [2.24, 2.45) is 0 Å². The van der Waals surface area contributed by atoms with E-state index < -0.39 is 0 Å². The first-order chi connectivity index (χ1) is 8.43. The smallest absolute Gasteiger partial charge is 0.124 e. The van der Waals surface area contributed by atoms with Crippen LogP contribution in [0.25, 0.3) is 0 Å². The molecule has 1 fully saturated rings. The van der Waals surface area contributed by atoms with Crippen LogP contribution in [-0.4, -0.2) is 17.6 Å². The minimum atomic E-state index is 0.703. The van der Waals surface area contributed by atoms with Crippen molar-refractivity contribution < 1.29 is 4.74 Å². The molecule has 17 heavy (non-hydrogen) atoms. The second-order valence-electron chi connectivity index (χ2n) is 4.80. The number of rotatable bonds is 3. The number of benzene rings is 1. The Morgan fingerprint density at radius 1 is 1.29 bits per heavy atom. The molecule has 2 heterocycles. The number of thioether (sulfide) groups is 1. The van der Waals surface area contributed by atoms with Crippen molar-refractivity contribution in [3.8, 4) is 5.75 Å².